The van der Waals surface area contributed by atoms with Gasteiger partial charge in [0.1, 0.15) is 5.82 Å². The highest BCUT2D eigenvalue weighted by molar-refractivity contribution is 9.10. The quantitative estimate of drug-likeness (QED) is 0.796. The minimum atomic E-state index is -0.252. The number of hydrogen-bond acceptors (Lipinski definition) is 3. The number of rotatable bonds is 3. The number of anilines is 1. The molecule has 20 heavy (non-hydrogen) atoms. The van der Waals surface area contributed by atoms with E-state index in [1.54, 1.807) is 6.07 Å². The summed E-state index contributed by atoms with van der Waals surface area (Å²) in [5, 5.41) is 11.3. The number of nitrogens with zero attached hydrogens (tertiary/aromatic N) is 3. The van der Waals surface area contributed by atoms with E-state index < -0.39 is 0 Å². The Kier molecular flexibility index (Phi) is 3.40. The van der Waals surface area contributed by atoms with Gasteiger partial charge in [-0.25, -0.2) is 4.39 Å². The second kappa shape index (κ2) is 5.20. The first-order valence-electron chi connectivity index (χ1n) is 6.14. The van der Waals surface area contributed by atoms with Crippen molar-refractivity contribution in [1.29, 1.82) is 0 Å². The number of pyridine rings is 1. The second-order valence-electron chi connectivity index (χ2n) is 4.47. The van der Waals surface area contributed by atoms with Crippen molar-refractivity contribution >= 4 is 27.5 Å². The van der Waals surface area contributed by atoms with E-state index in [-0.39, 0.29) is 5.82 Å². The molecule has 0 saturated heterocycles. The first-order valence-corrected chi connectivity index (χ1v) is 6.93. The SMILES string of the molecule is Cc1cccc2nnc(NCc3ccc(Br)cc3F)n12. The summed E-state index contributed by atoms with van der Waals surface area (Å²) >= 11 is 3.24. The van der Waals surface area contributed by atoms with Crippen molar-refractivity contribution in [3.63, 3.8) is 0 Å². The summed E-state index contributed by atoms with van der Waals surface area (Å²) in [5.41, 5.74) is 2.37. The normalized spacial score (nSPS) is 10.9. The minimum Gasteiger partial charge on any atom is -0.350 e. The first-order chi connectivity index (χ1) is 9.65. The highest BCUT2D eigenvalue weighted by atomic mass is 79.9. The summed E-state index contributed by atoms with van der Waals surface area (Å²) in [6, 6.07) is 10.8. The molecule has 0 aliphatic carbocycles. The first kappa shape index (κ1) is 13.1. The highest BCUT2D eigenvalue weighted by Gasteiger charge is 2.08. The van der Waals surface area contributed by atoms with Crippen molar-refractivity contribution < 1.29 is 4.39 Å². The van der Waals surface area contributed by atoms with Crippen molar-refractivity contribution in [2.45, 2.75) is 13.5 Å². The lowest BCUT2D eigenvalue weighted by Gasteiger charge is -2.07. The Balaban J connectivity index is 1.87. The summed E-state index contributed by atoms with van der Waals surface area (Å²) in [6.45, 7) is 2.33. The van der Waals surface area contributed by atoms with Crippen LogP contribution in [0.5, 0.6) is 0 Å². The fourth-order valence-electron chi connectivity index (χ4n) is 2.05. The van der Waals surface area contributed by atoms with Crippen molar-refractivity contribution in [2.24, 2.45) is 0 Å². The molecular formula is C14H12BrFN4. The third kappa shape index (κ3) is 2.38. The number of nitrogens with one attached hydrogen (secondary N) is 1. The van der Waals surface area contributed by atoms with Gasteiger partial charge in [0.2, 0.25) is 5.95 Å². The molecule has 0 atom stereocenters. The molecule has 3 rings (SSSR count). The van der Waals surface area contributed by atoms with E-state index in [4.69, 9.17) is 0 Å². The summed E-state index contributed by atoms with van der Waals surface area (Å²) in [4.78, 5) is 0. The fourth-order valence-corrected chi connectivity index (χ4v) is 2.39. The van der Waals surface area contributed by atoms with E-state index in [0.717, 1.165) is 15.8 Å². The van der Waals surface area contributed by atoms with Gasteiger partial charge in [-0.3, -0.25) is 4.40 Å². The number of benzene rings is 1. The van der Waals surface area contributed by atoms with Crippen LogP contribution < -0.4 is 5.32 Å². The van der Waals surface area contributed by atoms with Crippen LogP contribution in [0.1, 0.15) is 11.3 Å². The average molecular weight is 335 g/mol. The number of fused-ring (bicyclic) bond motifs is 1. The van der Waals surface area contributed by atoms with Crippen molar-refractivity contribution in [3.8, 4) is 0 Å². The van der Waals surface area contributed by atoms with Crippen LogP contribution in [0.4, 0.5) is 10.3 Å². The number of hydrogen-bond donors (Lipinski definition) is 1. The third-order valence-electron chi connectivity index (χ3n) is 3.08. The maximum absolute atomic E-state index is 13.8. The molecule has 4 nitrogen and oxygen atoms in total. The predicted molar refractivity (Wildman–Crippen MR) is 79.2 cm³/mol. The smallest absolute Gasteiger partial charge is 0.229 e. The summed E-state index contributed by atoms with van der Waals surface area (Å²) in [5.74, 6) is 0.359. The van der Waals surface area contributed by atoms with Gasteiger partial charge in [-0.15, -0.1) is 10.2 Å². The summed E-state index contributed by atoms with van der Waals surface area (Å²) < 4.78 is 16.4. The second-order valence-corrected chi connectivity index (χ2v) is 5.39. The van der Waals surface area contributed by atoms with Gasteiger partial charge in [-0.1, -0.05) is 28.1 Å². The molecule has 6 heteroatoms. The lowest BCUT2D eigenvalue weighted by atomic mass is 10.2. The molecule has 102 valence electrons. The number of aromatic nitrogens is 3. The Hall–Kier alpha value is -1.95. The van der Waals surface area contributed by atoms with Gasteiger partial charge in [0.15, 0.2) is 5.65 Å². The van der Waals surface area contributed by atoms with Crippen molar-refractivity contribution in [2.75, 3.05) is 5.32 Å². The van der Waals surface area contributed by atoms with E-state index in [1.165, 1.54) is 6.07 Å². The van der Waals surface area contributed by atoms with E-state index >= 15 is 0 Å². The molecule has 2 heterocycles. The Bertz CT molecular complexity index is 769. The van der Waals surface area contributed by atoms with Gasteiger partial charge in [-0.05, 0) is 31.2 Å². The summed E-state index contributed by atoms with van der Waals surface area (Å²) in [7, 11) is 0. The molecule has 0 saturated carbocycles. The lowest BCUT2D eigenvalue weighted by Crippen LogP contribution is -2.06. The van der Waals surface area contributed by atoms with Gasteiger partial charge < -0.3 is 5.32 Å². The molecule has 0 unspecified atom stereocenters. The highest BCUT2D eigenvalue weighted by Crippen LogP contribution is 2.17. The maximum atomic E-state index is 13.8. The Morgan fingerprint density at radius 1 is 1.25 bits per heavy atom. The van der Waals surface area contributed by atoms with Crippen LogP contribution in [0.15, 0.2) is 40.9 Å². The molecule has 0 aliphatic heterocycles. The minimum absolute atomic E-state index is 0.252. The topological polar surface area (TPSA) is 42.2 Å². The van der Waals surface area contributed by atoms with Crippen LogP contribution in [-0.4, -0.2) is 14.6 Å². The van der Waals surface area contributed by atoms with Crippen LogP contribution in [0, 0.1) is 12.7 Å². The fraction of sp³-hybridized carbons (Fsp3) is 0.143. The molecule has 0 fully saturated rings. The standard InChI is InChI=1S/C14H12BrFN4/c1-9-3-2-4-13-18-19-14(20(9)13)17-8-10-5-6-11(15)7-12(10)16/h2-7H,8H2,1H3,(H,17,19). The molecule has 1 aromatic carbocycles. The van der Waals surface area contributed by atoms with E-state index in [1.807, 2.05) is 35.6 Å². The Morgan fingerprint density at radius 2 is 2.10 bits per heavy atom. The molecule has 1 N–H and O–H groups in total. The monoisotopic (exact) mass is 334 g/mol. The van der Waals surface area contributed by atoms with Crippen molar-refractivity contribution in [1.82, 2.24) is 14.6 Å². The van der Waals surface area contributed by atoms with Crippen LogP contribution >= 0.6 is 15.9 Å². The van der Waals surface area contributed by atoms with Gasteiger partial charge in [0.05, 0.1) is 0 Å². The van der Waals surface area contributed by atoms with Gasteiger partial charge in [-0.2, -0.15) is 0 Å². The Labute approximate surface area is 123 Å². The zero-order valence-corrected chi connectivity index (χ0v) is 12.4. The number of halogens is 2. The van der Waals surface area contributed by atoms with Crippen LogP contribution in [-0.2, 0) is 6.54 Å². The van der Waals surface area contributed by atoms with E-state index in [2.05, 4.69) is 31.4 Å². The molecule has 0 spiro atoms. The summed E-state index contributed by atoms with van der Waals surface area (Å²) in [6.07, 6.45) is 0. The van der Waals surface area contributed by atoms with Gasteiger partial charge >= 0.3 is 0 Å². The van der Waals surface area contributed by atoms with E-state index in [9.17, 15) is 4.39 Å². The molecule has 0 aliphatic rings. The van der Waals surface area contributed by atoms with Crippen LogP contribution in [0.2, 0.25) is 0 Å². The zero-order chi connectivity index (χ0) is 14.1. The maximum Gasteiger partial charge on any atom is 0.229 e. The molecule has 3 aromatic rings. The van der Waals surface area contributed by atoms with E-state index in [0.29, 0.717) is 18.1 Å². The van der Waals surface area contributed by atoms with Gasteiger partial charge in [0, 0.05) is 22.3 Å². The zero-order valence-electron chi connectivity index (χ0n) is 10.8. The molecular weight excluding hydrogens is 323 g/mol. The lowest BCUT2D eigenvalue weighted by molar-refractivity contribution is 0.611. The molecule has 2 aromatic heterocycles. The predicted octanol–water partition coefficient (Wildman–Crippen LogP) is 3.55. The largest absolute Gasteiger partial charge is 0.350 e. The van der Waals surface area contributed by atoms with Gasteiger partial charge in [0.25, 0.3) is 0 Å². The molecule has 0 radical (unpaired) electrons. The van der Waals surface area contributed by atoms with Crippen molar-refractivity contribution in [3.05, 3.63) is 57.9 Å². The van der Waals surface area contributed by atoms with Crippen LogP contribution in [0.25, 0.3) is 5.65 Å². The Morgan fingerprint density at radius 3 is 2.90 bits per heavy atom. The van der Waals surface area contributed by atoms with Crippen LogP contribution in [0.3, 0.4) is 0 Å². The average Bonchev–Trinajstić information content (AvgIpc) is 2.82. The molecule has 0 amide bonds. The molecule has 0 bridgehead atoms. The third-order valence-corrected chi connectivity index (χ3v) is 3.57. The number of aryl methyl sites for hydroxylation is 1.